The van der Waals surface area contributed by atoms with Crippen LogP contribution in [0.1, 0.15) is 32.6 Å². The van der Waals surface area contributed by atoms with Gasteiger partial charge >= 0.3 is 11.7 Å². The Kier molecular flexibility index (Phi) is 6.38. The van der Waals surface area contributed by atoms with Crippen molar-refractivity contribution in [2.24, 2.45) is 25.0 Å². The Bertz CT molecular complexity index is 1120. The summed E-state index contributed by atoms with van der Waals surface area (Å²) in [4.78, 5) is 34.6. The van der Waals surface area contributed by atoms with E-state index in [2.05, 4.69) is 9.98 Å². The Morgan fingerprint density at radius 3 is 2.81 bits per heavy atom. The molecule has 4 rings (SSSR count). The predicted octanol–water partition coefficient (Wildman–Crippen LogP) is 1.35. The second kappa shape index (κ2) is 9.19. The van der Waals surface area contributed by atoms with Gasteiger partial charge in [0.05, 0.1) is 12.8 Å². The molecule has 10 heteroatoms. The highest BCUT2D eigenvalue weighted by molar-refractivity contribution is 5.78. The lowest BCUT2D eigenvalue weighted by Crippen LogP contribution is -2.40. The summed E-state index contributed by atoms with van der Waals surface area (Å²) in [7, 11) is 3.31. The highest BCUT2D eigenvalue weighted by Crippen LogP contribution is 2.19. The molecule has 1 saturated heterocycles. The van der Waals surface area contributed by atoms with Gasteiger partial charge in [-0.05, 0) is 37.7 Å². The summed E-state index contributed by atoms with van der Waals surface area (Å²) in [6, 6.07) is 0.240. The third-order valence-corrected chi connectivity index (χ3v) is 5.56. The molecule has 0 N–H and O–H groups in total. The van der Waals surface area contributed by atoms with Crippen LogP contribution in [0, 0.1) is 5.92 Å². The average Bonchev–Trinajstić information content (AvgIpc) is 3.08. The zero-order valence-corrected chi connectivity index (χ0v) is 18.2. The van der Waals surface area contributed by atoms with Crippen molar-refractivity contribution in [3.63, 3.8) is 0 Å². The number of aromatic nitrogens is 4. The van der Waals surface area contributed by atoms with Crippen molar-refractivity contribution >= 4 is 17.4 Å². The van der Waals surface area contributed by atoms with Crippen molar-refractivity contribution in [1.82, 2.24) is 18.7 Å². The van der Waals surface area contributed by atoms with Gasteiger partial charge in [-0.1, -0.05) is 6.92 Å². The summed E-state index contributed by atoms with van der Waals surface area (Å²) in [6.07, 6.45) is 6.98. The van der Waals surface area contributed by atoms with Gasteiger partial charge in [-0.25, -0.2) is 4.79 Å². The van der Waals surface area contributed by atoms with Crippen molar-refractivity contribution in [3.8, 4) is 6.01 Å². The number of rotatable bonds is 7. The molecule has 0 radical (unpaired) electrons. The van der Waals surface area contributed by atoms with Crippen molar-refractivity contribution in [2.75, 3.05) is 19.8 Å². The highest BCUT2D eigenvalue weighted by atomic mass is 16.7. The van der Waals surface area contributed by atoms with Gasteiger partial charge in [0, 0.05) is 33.8 Å². The number of hydrogen-bond acceptors (Lipinski definition) is 7. The fourth-order valence-electron chi connectivity index (χ4n) is 3.84. The molecule has 0 saturated carbocycles. The van der Waals surface area contributed by atoms with Crippen LogP contribution in [-0.4, -0.2) is 50.9 Å². The number of dihydropyridines is 1. The number of imidazole rings is 1. The summed E-state index contributed by atoms with van der Waals surface area (Å²) < 4.78 is 21.3. The number of allylic oxidation sites excluding steroid dienone is 1. The Labute approximate surface area is 179 Å². The first-order valence-electron chi connectivity index (χ1n) is 10.7. The van der Waals surface area contributed by atoms with Crippen LogP contribution in [0.4, 0.5) is 0 Å². The van der Waals surface area contributed by atoms with Gasteiger partial charge in [-0.2, -0.15) is 4.98 Å². The molecule has 1 fully saturated rings. The summed E-state index contributed by atoms with van der Waals surface area (Å²) in [5.74, 6) is 0.835. The van der Waals surface area contributed by atoms with E-state index >= 15 is 0 Å². The van der Waals surface area contributed by atoms with Gasteiger partial charge in [0.1, 0.15) is 5.76 Å². The number of ether oxygens (including phenoxy) is 3. The summed E-state index contributed by atoms with van der Waals surface area (Å²) in [6.45, 7) is 4.15. The Morgan fingerprint density at radius 1 is 1.23 bits per heavy atom. The molecule has 0 aromatic carbocycles. The van der Waals surface area contributed by atoms with E-state index in [4.69, 9.17) is 14.2 Å². The van der Waals surface area contributed by atoms with E-state index in [9.17, 15) is 9.59 Å². The Morgan fingerprint density at radius 2 is 2.06 bits per heavy atom. The molecule has 4 heterocycles. The van der Waals surface area contributed by atoms with Gasteiger partial charge in [-0.3, -0.25) is 23.5 Å². The zero-order chi connectivity index (χ0) is 22.0. The molecule has 10 nitrogen and oxygen atoms in total. The third kappa shape index (κ3) is 4.49. The van der Waals surface area contributed by atoms with Crippen LogP contribution in [-0.2, 0) is 30.1 Å². The molecular weight excluding hydrogens is 402 g/mol. The second-order valence-electron chi connectivity index (χ2n) is 8.09. The lowest BCUT2D eigenvalue weighted by atomic mass is 10.1. The predicted molar refractivity (Wildman–Crippen MR) is 116 cm³/mol. The van der Waals surface area contributed by atoms with Crippen LogP contribution < -0.4 is 16.0 Å². The van der Waals surface area contributed by atoms with Crippen molar-refractivity contribution in [3.05, 3.63) is 32.7 Å². The van der Waals surface area contributed by atoms with E-state index < -0.39 is 11.2 Å². The molecule has 2 unspecified atom stereocenters. The molecule has 0 bridgehead atoms. The van der Waals surface area contributed by atoms with Crippen molar-refractivity contribution in [1.29, 1.82) is 0 Å². The first-order valence-corrected chi connectivity index (χ1v) is 10.7. The third-order valence-electron chi connectivity index (χ3n) is 5.56. The van der Waals surface area contributed by atoms with Gasteiger partial charge in [0.15, 0.2) is 17.5 Å². The van der Waals surface area contributed by atoms with Gasteiger partial charge in [0.2, 0.25) is 0 Å². The topological polar surface area (TPSA) is 102 Å². The van der Waals surface area contributed by atoms with E-state index in [0.29, 0.717) is 37.5 Å². The molecule has 2 aliphatic heterocycles. The maximum Gasteiger partial charge on any atom is 0.332 e. The normalized spacial score (nSPS) is 21.5. The minimum absolute atomic E-state index is 0.187. The second-order valence-corrected chi connectivity index (χ2v) is 8.09. The number of fused-ring (bicyclic) bond motifs is 1. The average molecular weight is 431 g/mol. The maximum atomic E-state index is 13.1. The number of nitrogens with zero attached hydrogens (tertiary/aromatic N) is 5. The number of aliphatic imine (C=N–C) groups is 1. The van der Waals surface area contributed by atoms with Crippen LogP contribution >= 0.6 is 0 Å². The molecule has 0 amide bonds. The van der Waals surface area contributed by atoms with Gasteiger partial charge in [0.25, 0.3) is 5.56 Å². The zero-order valence-electron chi connectivity index (χ0n) is 18.2. The first kappa shape index (κ1) is 21.5. The summed E-state index contributed by atoms with van der Waals surface area (Å²) >= 11 is 0. The number of aryl methyl sites for hydroxylation is 2. The smallest absolute Gasteiger partial charge is 0.332 e. The van der Waals surface area contributed by atoms with Crippen molar-refractivity contribution in [2.45, 2.75) is 45.4 Å². The highest BCUT2D eigenvalue weighted by Gasteiger charge is 2.21. The molecule has 2 aliphatic rings. The first-order chi connectivity index (χ1) is 15.0. The Balaban J connectivity index is 1.54. The number of hydrogen-bond donors (Lipinski definition) is 0. The fraction of sp³-hybridized carbons (Fsp3) is 0.619. The summed E-state index contributed by atoms with van der Waals surface area (Å²) in [5, 5.41) is 0. The minimum Gasteiger partial charge on any atom is -0.424 e. The minimum atomic E-state index is -0.414. The Hall–Kier alpha value is -2.72. The molecule has 168 valence electrons. The van der Waals surface area contributed by atoms with Crippen LogP contribution in [0.3, 0.4) is 0 Å². The van der Waals surface area contributed by atoms with Crippen LogP contribution in [0.25, 0.3) is 11.2 Å². The van der Waals surface area contributed by atoms with E-state index in [1.807, 2.05) is 13.0 Å². The van der Waals surface area contributed by atoms with E-state index in [1.54, 1.807) is 24.9 Å². The standard InChI is InChI=1S/C21H29N5O5/c1-14-11-15(13-22-12-14)31-20-23-18-17(24(20)2)19(27)26(21(28)25(18)3)8-6-10-30-16-7-4-5-9-29-16/h11,13-14,16H,4-10,12H2,1-3H3. The molecule has 2 aromatic rings. The lowest BCUT2D eigenvalue weighted by molar-refractivity contribution is -0.163. The molecule has 31 heavy (non-hydrogen) atoms. The molecule has 2 atom stereocenters. The maximum absolute atomic E-state index is 13.1. The summed E-state index contributed by atoms with van der Waals surface area (Å²) in [5.41, 5.74) is -0.202. The van der Waals surface area contributed by atoms with Crippen LogP contribution in [0.2, 0.25) is 0 Å². The van der Waals surface area contributed by atoms with E-state index in [0.717, 1.165) is 19.3 Å². The molecule has 0 aliphatic carbocycles. The fourth-order valence-corrected chi connectivity index (χ4v) is 3.84. The quantitative estimate of drug-likeness (QED) is 0.614. The molecule has 0 spiro atoms. The van der Waals surface area contributed by atoms with E-state index in [1.165, 1.54) is 9.13 Å². The van der Waals surface area contributed by atoms with Crippen LogP contribution in [0.5, 0.6) is 6.01 Å². The SMILES string of the molecule is CC1C=C(Oc2nc3c(c(=O)n(CCCOC4CCCCO4)c(=O)n3C)n2C)C=NC1. The molecule has 2 aromatic heterocycles. The monoisotopic (exact) mass is 431 g/mol. The molecular formula is C21H29N5O5. The lowest BCUT2D eigenvalue weighted by Gasteiger charge is -2.22. The largest absolute Gasteiger partial charge is 0.424 e. The van der Waals surface area contributed by atoms with Gasteiger partial charge < -0.3 is 14.2 Å². The van der Waals surface area contributed by atoms with Crippen LogP contribution in [0.15, 0.2) is 26.4 Å². The van der Waals surface area contributed by atoms with Crippen molar-refractivity contribution < 1.29 is 14.2 Å². The van der Waals surface area contributed by atoms with E-state index in [-0.39, 0.29) is 30.4 Å². The van der Waals surface area contributed by atoms with Gasteiger partial charge in [-0.15, -0.1) is 0 Å².